The molecule has 2 aliphatic carbocycles. The molecule has 4 heteroatoms. The second kappa shape index (κ2) is 7.25. The highest BCUT2D eigenvalue weighted by atomic mass is 16.5. The summed E-state index contributed by atoms with van der Waals surface area (Å²) in [6, 6.07) is 10.7. The first-order valence-electron chi connectivity index (χ1n) is 10.5. The molecule has 0 aliphatic heterocycles. The van der Waals surface area contributed by atoms with Gasteiger partial charge in [-0.3, -0.25) is 0 Å². The minimum atomic E-state index is -0.401. The van der Waals surface area contributed by atoms with Crippen LogP contribution in [-0.2, 0) is 0 Å². The molecular formula is C24H28N2O2. The zero-order valence-corrected chi connectivity index (χ0v) is 16.4. The molecule has 2 aliphatic rings. The number of methoxy groups -OCH3 is 1. The van der Waals surface area contributed by atoms with Crippen molar-refractivity contribution in [1.29, 1.82) is 0 Å². The molecular weight excluding hydrogens is 348 g/mol. The number of ether oxygens (including phenoxy) is 1. The largest absolute Gasteiger partial charge is 0.497 e. The fourth-order valence-electron chi connectivity index (χ4n) is 5.00. The molecule has 0 unspecified atom stereocenters. The average molecular weight is 377 g/mol. The molecule has 2 fully saturated rings. The Morgan fingerprint density at radius 1 is 1.07 bits per heavy atom. The predicted octanol–water partition coefficient (Wildman–Crippen LogP) is 5.23. The number of nitrogens with zero attached hydrogens (tertiary/aromatic N) is 2. The fourth-order valence-corrected chi connectivity index (χ4v) is 5.00. The summed E-state index contributed by atoms with van der Waals surface area (Å²) in [5.74, 6) is 2.44. The van der Waals surface area contributed by atoms with Gasteiger partial charge in [-0.1, -0.05) is 12.1 Å². The van der Waals surface area contributed by atoms with Gasteiger partial charge in [0.05, 0.1) is 31.3 Å². The van der Waals surface area contributed by atoms with Crippen molar-refractivity contribution in [3.8, 4) is 5.75 Å². The van der Waals surface area contributed by atoms with Gasteiger partial charge in [0.2, 0.25) is 0 Å². The Morgan fingerprint density at radius 2 is 1.86 bits per heavy atom. The monoisotopic (exact) mass is 376 g/mol. The number of aliphatic hydroxyl groups is 1. The summed E-state index contributed by atoms with van der Waals surface area (Å²) in [7, 11) is 1.72. The van der Waals surface area contributed by atoms with Crippen LogP contribution in [0, 0.1) is 5.92 Å². The maximum absolute atomic E-state index is 11.4. The van der Waals surface area contributed by atoms with Gasteiger partial charge in [0.1, 0.15) is 5.75 Å². The number of aliphatic hydroxyl groups excluding tert-OH is 1. The lowest BCUT2D eigenvalue weighted by Gasteiger charge is -2.33. The summed E-state index contributed by atoms with van der Waals surface area (Å²) in [6.45, 7) is 0. The van der Waals surface area contributed by atoms with Crippen LogP contribution in [0.2, 0.25) is 0 Å². The minimum absolute atomic E-state index is 0.320. The summed E-state index contributed by atoms with van der Waals surface area (Å²) in [4.78, 5) is 4.32. The molecule has 0 bridgehead atoms. The minimum Gasteiger partial charge on any atom is -0.497 e. The Balaban J connectivity index is 1.36. The molecule has 5 rings (SSSR count). The SMILES string of the molecule is COc1cccc(C2CCC([C@H](O)c3c(C4CC4)ccn4cncc34)CC2)c1. The van der Waals surface area contributed by atoms with Crippen molar-refractivity contribution in [1.82, 2.24) is 9.38 Å². The van der Waals surface area contributed by atoms with E-state index < -0.39 is 6.10 Å². The molecule has 1 aromatic carbocycles. The molecule has 2 saturated carbocycles. The Bertz CT molecular complexity index is 968. The second-order valence-electron chi connectivity index (χ2n) is 8.48. The predicted molar refractivity (Wildman–Crippen MR) is 110 cm³/mol. The third kappa shape index (κ3) is 3.20. The Hall–Kier alpha value is -2.33. The van der Waals surface area contributed by atoms with E-state index in [-0.39, 0.29) is 0 Å². The van der Waals surface area contributed by atoms with E-state index in [2.05, 4.69) is 35.4 Å². The standard InChI is InChI=1S/C24H28N2O2/c1-28-20-4-2-3-19(13-20)16-5-9-18(10-6-16)24(27)23-21(17-7-8-17)11-12-26-15-25-14-22(23)26/h2-4,11-18,24,27H,5-10H2,1H3/t16?,18?,24-/m0/s1. The van der Waals surface area contributed by atoms with Crippen LogP contribution in [0.5, 0.6) is 5.75 Å². The van der Waals surface area contributed by atoms with E-state index in [1.54, 1.807) is 7.11 Å². The zero-order valence-electron chi connectivity index (χ0n) is 16.4. The summed E-state index contributed by atoms with van der Waals surface area (Å²) < 4.78 is 7.44. The van der Waals surface area contributed by atoms with E-state index >= 15 is 0 Å². The number of imidazole rings is 1. The molecule has 0 amide bonds. The molecule has 3 aromatic rings. The Labute approximate surface area is 166 Å². The average Bonchev–Trinajstić information content (AvgIpc) is 3.49. The van der Waals surface area contributed by atoms with Crippen LogP contribution in [0.4, 0.5) is 0 Å². The summed E-state index contributed by atoms with van der Waals surface area (Å²) in [5.41, 5.74) is 4.92. The van der Waals surface area contributed by atoms with Crippen LogP contribution in [0.25, 0.3) is 5.52 Å². The van der Waals surface area contributed by atoms with Crippen molar-refractivity contribution in [2.45, 2.75) is 56.5 Å². The lowest BCUT2D eigenvalue weighted by molar-refractivity contribution is 0.0810. The van der Waals surface area contributed by atoms with Crippen LogP contribution in [-0.4, -0.2) is 21.6 Å². The molecule has 0 radical (unpaired) electrons. The van der Waals surface area contributed by atoms with Gasteiger partial charge in [0, 0.05) is 11.8 Å². The van der Waals surface area contributed by atoms with Crippen molar-refractivity contribution in [2.75, 3.05) is 7.11 Å². The third-order valence-corrected chi connectivity index (χ3v) is 6.76. The van der Waals surface area contributed by atoms with Gasteiger partial charge in [-0.15, -0.1) is 0 Å². The third-order valence-electron chi connectivity index (χ3n) is 6.76. The first-order chi connectivity index (χ1) is 13.7. The normalized spacial score (nSPS) is 23.6. The molecule has 2 heterocycles. The van der Waals surface area contributed by atoms with Gasteiger partial charge in [0.25, 0.3) is 0 Å². The number of pyridine rings is 1. The van der Waals surface area contributed by atoms with Gasteiger partial charge in [-0.05, 0) is 85.6 Å². The van der Waals surface area contributed by atoms with Crippen LogP contribution in [0.1, 0.15) is 73.2 Å². The van der Waals surface area contributed by atoms with Crippen molar-refractivity contribution < 1.29 is 9.84 Å². The number of benzene rings is 1. The first-order valence-corrected chi connectivity index (χ1v) is 10.5. The highest BCUT2D eigenvalue weighted by Crippen LogP contribution is 2.48. The highest BCUT2D eigenvalue weighted by molar-refractivity contribution is 5.59. The summed E-state index contributed by atoms with van der Waals surface area (Å²) in [6.07, 6.45) is 12.3. The lowest BCUT2D eigenvalue weighted by atomic mass is 9.75. The van der Waals surface area contributed by atoms with Crippen molar-refractivity contribution in [3.63, 3.8) is 0 Å². The quantitative estimate of drug-likeness (QED) is 0.663. The van der Waals surface area contributed by atoms with E-state index in [1.807, 2.05) is 23.0 Å². The molecule has 0 saturated heterocycles. The summed E-state index contributed by atoms with van der Waals surface area (Å²) in [5, 5.41) is 11.4. The van der Waals surface area contributed by atoms with E-state index in [0.29, 0.717) is 17.8 Å². The van der Waals surface area contributed by atoms with E-state index in [1.165, 1.54) is 24.0 Å². The number of rotatable bonds is 5. The maximum Gasteiger partial charge on any atom is 0.119 e. The Morgan fingerprint density at radius 3 is 2.61 bits per heavy atom. The molecule has 1 atom stereocenters. The van der Waals surface area contributed by atoms with Crippen molar-refractivity contribution >= 4 is 5.52 Å². The molecule has 1 N–H and O–H groups in total. The summed E-state index contributed by atoms with van der Waals surface area (Å²) >= 11 is 0. The molecule has 146 valence electrons. The molecule has 28 heavy (non-hydrogen) atoms. The molecule has 0 spiro atoms. The van der Waals surface area contributed by atoms with E-state index in [9.17, 15) is 5.11 Å². The molecule has 4 nitrogen and oxygen atoms in total. The highest BCUT2D eigenvalue weighted by Gasteiger charge is 2.34. The van der Waals surface area contributed by atoms with E-state index in [0.717, 1.165) is 42.5 Å². The number of hydrogen-bond acceptors (Lipinski definition) is 3. The van der Waals surface area contributed by atoms with Crippen LogP contribution in [0.15, 0.2) is 49.1 Å². The fraction of sp³-hybridized carbons (Fsp3) is 0.458. The number of hydrogen-bond donors (Lipinski definition) is 1. The topological polar surface area (TPSA) is 46.8 Å². The van der Waals surface area contributed by atoms with Crippen molar-refractivity contribution in [2.24, 2.45) is 5.92 Å². The van der Waals surface area contributed by atoms with Gasteiger partial charge in [-0.25, -0.2) is 4.98 Å². The van der Waals surface area contributed by atoms with Gasteiger partial charge >= 0.3 is 0 Å². The molecule has 2 aromatic heterocycles. The Kier molecular flexibility index (Phi) is 4.59. The maximum atomic E-state index is 11.4. The van der Waals surface area contributed by atoms with Gasteiger partial charge in [0.15, 0.2) is 0 Å². The van der Waals surface area contributed by atoms with Crippen LogP contribution in [0.3, 0.4) is 0 Å². The van der Waals surface area contributed by atoms with Crippen molar-refractivity contribution in [3.05, 3.63) is 65.7 Å². The first kappa shape index (κ1) is 17.7. The van der Waals surface area contributed by atoms with Crippen LogP contribution < -0.4 is 4.74 Å². The lowest BCUT2D eigenvalue weighted by Crippen LogP contribution is -2.21. The van der Waals surface area contributed by atoms with E-state index in [4.69, 9.17) is 4.74 Å². The zero-order chi connectivity index (χ0) is 19.1. The smallest absolute Gasteiger partial charge is 0.119 e. The number of aromatic nitrogens is 2. The van der Waals surface area contributed by atoms with Gasteiger partial charge in [-0.2, -0.15) is 0 Å². The number of fused-ring (bicyclic) bond motifs is 1. The van der Waals surface area contributed by atoms with Crippen LogP contribution >= 0.6 is 0 Å². The second-order valence-corrected chi connectivity index (χ2v) is 8.48. The van der Waals surface area contributed by atoms with Gasteiger partial charge < -0.3 is 14.2 Å².